The second kappa shape index (κ2) is 8.29. The fourth-order valence-corrected chi connectivity index (χ4v) is 4.00. The van der Waals surface area contributed by atoms with Crippen LogP contribution >= 0.6 is 0 Å². The van der Waals surface area contributed by atoms with Crippen LogP contribution in [-0.4, -0.2) is 24.4 Å². The molecule has 3 aromatic rings. The number of hydroxylamine groups is 1. The summed E-state index contributed by atoms with van der Waals surface area (Å²) in [6.45, 7) is 2.75. The van der Waals surface area contributed by atoms with E-state index in [2.05, 4.69) is 11.9 Å². The molecule has 2 heterocycles. The van der Waals surface area contributed by atoms with Crippen molar-refractivity contribution in [1.29, 1.82) is 0 Å². The third-order valence-corrected chi connectivity index (χ3v) is 5.61. The second-order valence-electron chi connectivity index (χ2n) is 7.57. The maximum absolute atomic E-state index is 13.4. The van der Waals surface area contributed by atoms with E-state index in [1.807, 2.05) is 35.4 Å². The normalized spacial score (nSPS) is 16.3. The Morgan fingerprint density at radius 1 is 1.14 bits per heavy atom. The van der Waals surface area contributed by atoms with Crippen molar-refractivity contribution in [2.45, 2.75) is 32.6 Å². The molecule has 0 fully saturated rings. The molecule has 0 radical (unpaired) electrons. The van der Waals surface area contributed by atoms with Gasteiger partial charge in [0.05, 0.1) is 30.6 Å². The molecule has 1 aliphatic heterocycles. The van der Waals surface area contributed by atoms with E-state index in [0.29, 0.717) is 12.1 Å². The summed E-state index contributed by atoms with van der Waals surface area (Å²) >= 11 is 0. The van der Waals surface area contributed by atoms with Gasteiger partial charge in [0.2, 0.25) is 0 Å². The minimum Gasteiger partial charge on any atom is -0.294 e. The molecule has 0 N–H and O–H groups in total. The maximum atomic E-state index is 13.4. The van der Waals surface area contributed by atoms with Gasteiger partial charge in [0.1, 0.15) is 5.82 Å². The van der Waals surface area contributed by atoms with Crippen LogP contribution in [0.15, 0.2) is 48.5 Å². The van der Waals surface area contributed by atoms with Crippen LogP contribution in [0.2, 0.25) is 0 Å². The number of hydrogen-bond acceptors (Lipinski definition) is 4. The number of pyridine rings is 1. The summed E-state index contributed by atoms with van der Waals surface area (Å²) in [5.74, 6) is -0.161. The van der Waals surface area contributed by atoms with Gasteiger partial charge in [-0.25, -0.2) is 9.37 Å². The lowest BCUT2D eigenvalue weighted by Crippen LogP contribution is -2.38. The Morgan fingerprint density at radius 2 is 2.00 bits per heavy atom. The highest BCUT2D eigenvalue weighted by Gasteiger charge is 2.32. The van der Waals surface area contributed by atoms with E-state index in [9.17, 15) is 9.18 Å². The number of nitrogens with zero attached hydrogens (tertiary/aromatic N) is 2. The molecular formula is C24H25FN2O2. The molecule has 150 valence electrons. The van der Waals surface area contributed by atoms with Crippen LogP contribution in [0.5, 0.6) is 0 Å². The minimum absolute atomic E-state index is 0.0585. The zero-order chi connectivity index (χ0) is 20.4. The fourth-order valence-electron chi connectivity index (χ4n) is 4.00. The number of hydrogen-bond donors (Lipinski definition) is 0. The van der Waals surface area contributed by atoms with Crippen molar-refractivity contribution < 1.29 is 14.0 Å². The monoisotopic (exact) mass is 392 g/mol. The van der Waals surface area contributed by atoms with Gasteiger partial charge in [0, 0.05) is 22.4 Å². The van der Waals surface area contributed by atoms with E-state index in [4.69, 9.17) is 4.84 Å². The summed E-state index contributed by atoms with van der Waals surface area (Å²) in [6, 6.07) is 14.1. The van der Waals surface area contributed by atoms with Crippen LogP contribution in [0.25, 0.3) is 22.2 Å². The summed E-state index contributed by atoms with van der Waals surface area (Å²) in [7, 11) is 1.64. The first kappa shape index (κ1) is 19.5. The molecule has 0 amide bonds. The molecule has 0 spiro atoms. The number of ketones is 1. The fraction of sp³-hybridized carbons (Fsp3) is 0.333. The lowest BCUT2D eigenvalue weighted by atomic mass is 9.87. The van der Waals surface area contributed by atoms with E-state index in [1.165, 1.54) is 12.1 Å². The Morgan fingerprint density at radius 3 is 2.79 bits per heavy atom. The molecule has 0 bridgehead atoms. The van der Waals surface area contributed by atoms with E-state index in [0.717, 1.165) is 53.5 Å². The molecule has 1 aliphatic rings. The van der Waals surface area contributed by atoms with Crippen molar-refractivity contribution in [1.82, 2.24) is 4.98 Å². The van der Waals surface area contributed by atoms with E-state index in [-0.39, 0.29) is 17.5 Å². The lowest BCUT2D eigenvalue weighted by Gasteiger charge is -2.33. The molecule has 1 atom stereocenters. The van der Waals surface area contributed by atoms with Crippen molar-refractivity contribution >= 4 is 22.4 Å². The number of carbonyl (C=O) groups is 1. The molecule has 4 rings (SSSR count). The number of anilines is 1. The highest BCUT2D eigenvalue weighted by molar-refractivity contribution is 6.05. The summed E-state index contributed by atoms with van der Waals surface area (Å²) in [6.07, 6.45) is 4.18. The van der Waals surface area contributed by atoms with Gasteiger partial charge < -0.3 is 0 Å². The summed E-state index contributed by atoms with van der Waals surface area (Å²) in [5, 5.41) is 2.57. The first-order valence-corrected chi connectivity index (χ1v) is 10.2. The van der Waals surface area contributed by atoms with Gasteiger partial charge >= 0.3 is 0 Å². The number of unbranched alkanes of at least 4 members (excludes halogenated alkanes) is 2. The highest BCUT2D eigenvalue weighted by Crippen LogP contribution is 2.35. The van der Waals surface area contributed by atoms with Crippen molar-refractivity contribution in [3.05, 3.63) is 59.9 Å². The molecule has 29 heavy (non-hydrogen) atoms. The predicted molar refractivity (Wildman–Crippen MR) is 113 cm³/mol. The van der Waals surface area contributed by atoms with Crippen LogP contribution in [0.1, 0.15) is 43.0 Å². The van der Waals surface area contributed by atoms with Crippen LogP contribution in [-0.2, 0) is 4.84 Å². The van der Waals surface area contributed by atoms with Crippen molar-refractivity contribution in [3.63, 3.8) is 0 Å². The lowest BCUT2D eigenvalue weighted by molar-refractivity contribution is 0.0836. The van der Waals surface area contributed by atoms with Gasteiger partial charge in [-0.05, 0) is 42.8 Å². The number of carbonyl (C=O) groups excluding carboxylic acids is 1. The summed E-state index contributed by atoms with van der Waals surface area (Å²) in [5.41, 5.74) is 3.84. The van der Waals surface area contributed by atoms with E-state index < -0.39 is 0 Å². The smallest absolute Gasteiger partial charge is 0.170 e. The molecule has 0 saturated heterocycles. The third-order valence-electron chi connectivity index (χ3n) is 5.61. The predicted octanol–water partition coefficient (Wildman–Crippen LogP) is 5.80. The van der Waals surface area contributed by atoms with Crippen LogP contribution in [0.3, 0.4) is 0 Å². The van der Waals surface area contributed by atoms with Gasteiger partial charge in [0.25, 0.3) is 0 Å². The molecule has 4 nitrogen and oxygen atoms in total. The summed E-state index contributed by atoms with van der Waals surface area (Å²) < 4.78 is 13.4. The minimum atomic E-state index is -0.278. The van der Waals surface area contributed by atoms with Gasteiger partial charge in [-0.3, -0.25) is 14.7 Å². The Labute approximate surface area is 170 Å². The van der Waals surface area contributed by atoms with Crippen LogP contribution < -0.4 is 5.06 Å². The Kier molecular flexibility index (Phi) is 5.58. The maximum Gasteiger partial charge on any atom is 0.170 e. The molecule has 2 aromatic carbocycles. The first-order chi connectivity index (χ1) is 14.1. The Bertz CT molecular complexity index is 1050. The number of rotatable bonds is 6. The molecule has 1 aromatic heterocycles. The number of benzene rings is 2. The van der Waals surface area contributed by atoms with Gasteiger partial charge in [-0.2, -0.15) is 0 Å². The summed E-state index contributed by atoms with van der Waals surface area (Å²) in [4.78, 5) is 23.4. The topological polar surface area (TPSA) is 42.4 Å². The largest absolute Gasteiger partial charge is 0.294 e. The third kappa shape index (κ3) is 3.87. The van der Waals surface area contributed by atoms with Crippen molar-refractivity contribution in [2.75, 3.05) is 18.7 Å². The number of aromatic nitrogens is 1. The molecule has 0 aliphatic carbocycles. The molecule has 1 unspecified atom stereocenters. The second-order valence-corrected chi connectivity index (χ2v) is 7.57. The van der Waals surface area contributed by atoms with Crippen molar-refractivity contribution in [3.8, 4) is 11.3 Å². The quantitative estimate of drug-likeness (QED) is 0.497. The Hall–Kier alpha value is -2.79. The standard InChI is InChI=1S/C24H25FN2O2/c1-3-4-5-6-18-15-27(29-2)23-12-8-17(14-20(23)24(18)28)21-10-7-16-13-19(25)9-11-22(16)26-21/h7-14,18H,3-6,15H2,1-2H3. The molecule has 0 saturated carbocycles. The zero-order valence-electron chi connectivity index (χ0n) is 16.8. The van der Waals surface area contributed by atoms with E-state index in [1.54, 1.807) is 13.2 Å². The Balaban J connectivity index is 1.70. The number of halogens is 1. The SMILES string of the molecule is CCCCCC1CN(OC)c2ccc(-c3ccc4cc(F)ccc4n3)cc2C1=O. The highest BCUT2D eigenvalue weighted by atomic mass is 19.1. The van der Waals surface area contributed by atoms with Crippen LogP contribution in [0, 0.1) is 11.7 Å². The van der Waals surface area contributed by atoms with Crippen LogP contribution in [0.4, 0.5) is 10.1 Å². The van der Waals surface area contributed by atoms with Gasteiger partial charge in [-0.15, -0.1) is 0 Å². The van der Waals surface area contributed by atoms with Crippen molar-refractivity contribution in [2.24, 2.45) is 5.92 Å². The van der Waals surface area contributed by atoms with Gasteiger partial charge in [0.15, 0.2) is 5.78 Å². The zero-order valence-corrected chi connectivity index (χ0v) is 16.8. The van der Waals surface area contributed by atoms with Gasteiger partial charge in [-0.1, -0.05) is 38.3 Å². The first-order valence-electron chi connectivity index (χ1n) is 10.2. The number of Topliss-reactive ketones (excluding diaryl/α,β-unsaturated/α-hetero) is 1. The average Bonchev–Trinajstić information content (AvgIpc) is 2.75. The number of fused-ring (bicyclic) bond motifs is 2. The molecule has 5 heteroatoms. The van der Waals surface area contributed by atoms with E-state index >= 15 is 0 Å². The molecular weight excluding hydrogens is 367 g/mol. The average molecular weight is 392 g/mol.